The van der Waals surface area contributed by atoms with Crippen LogP contribution in [0.4, 0.5) is 8.78 Å². The molecule has 0 N–H and O–H groups in total. The smallest absolute Gasteiger partial charge is 0.232 e. The topological polar surface area (TPSA) is 43.4 Å². The predicted molar refractivity (Wildman–Crippen MR) is 69.9 cm³/mol. The molecular formula is C12H15ClF2O3S. The first kappa shape index (κ1) is 16.2. The van der Waals surface area contributed by atoms with Crippen molar-refractivity contribution >= 4 is 19.7 Å². The van der Waals surface area contributed by atoms with Gasteiger partial charge in [-0.05, 0) is 30.9 Å². The van der Waals surface area contributed by atoms with Crippen LogP contribution in [0, 0.1) is 17.6 Å². The molecule has 7 heteroatoms. The predicted octanol–water partition coefficient (Wildman–Crippen LogP) is 3.33. The molecule has 0 aliphatic rings. The molecule has 0 heterocycles. The summed E-state index contributed by atoms with van der Waals surface area (Å²) in [5.41, 5.74) is 0. The number of benzene rings is 1. The summed E-state index contributed by atoms with van der Waals surface area (Å²) in [4.78, 5) is 0. The number of hydrogen-bond donors (Lipinski definition) is 0. The van der Waals surface area contributed by atoms with Crippen molar-refractivity contribution in [2.45, 2.75) is 19.8 Å². The third-order valence-electron chi connectivity index (χ3n) is 2.62. The van der Waals surface area contributed by atoms with E-state index in [9.17, 15) is 17.2 Å². The van der Waals surface area contributed by atoms with E-state index in [1.165, 1.54) is 6.07 Å². The molecule has 0 aromatic heterocycles. The van der Waals surface area contributed by atoms with Gasteiger partial charge in [-0.3, -0.25) is 0 Å². The number of hydrogen-bond acceptors (Lipinski definition) is 3. The Morgan fingerprint density at radius 3 is 2.58 bits per heavy atom. The third-order valence-corrected chi connectivity index (χ3v) is 3.80. The lowest BCUT2D eigenvalue weighted by Crippen LogP contribution is -2.09. The largest absolute Gasteiger partial charge is 0.491 e. The van der Waals surface area contributed by atoms with Crippen molar-refractivity contribution in [3.8, 4) is 5.75 Å². The second-order valence-corrected chi connectivity index (χ2v) is 7.25. The molecule has 1 unspecified atom stereocenters. The van der Waals surface area contributed by atoms with E-state index < -0.39 is 20.7 Å². The zero-order chi connectivity index (χ0) is 14.5. The first-order chi connectivity index (χ1) is 8.78. The molecule has 0 aliphatic heterocycles. The van der Waals surface area contributed by atoms with Crippen LogP contribution >= 0.6 is 10.7 Å². The molecule has 1 aromatic rings. The number of ether oxygens (including phenoxy) is 1. The molecule has 0 amide bonds. The van der Waals surface area contributed by atoms with E-state index in [4.69, 9.17) is 15.4 Å². The Hall–Kier alpha value is -0.880. The van der Waals surface area contributed by atoms with Crippen LogP contribution in [0.15, 0.2) is 18.2 Å². The molecule has 1 aromatic carbocycles. The van der Waals surface area contributed by atoms with Gasteiger partial charge in [0.05, 0.1) is 12.4 Å². The summed E-state index contributed by atoms with van der Waals surface area (Å²) in [5, 5.41) is 0. The van der Waals surface area contributed by atoms with Gasteiger partial charge in [0.15, 0.2) is 11.6 Å². The van der Waals surface area contributed by atoms with Crippen molar-refractivity contribution in [3.05, 3.63) is 29.8 Å². The SMILES string of the molecule is CC(CCOc1ccc(F)cc1F)CCS(=O)(=O)Cl. The van der Waals surface area contributed by atoms with E-state index in [0.29, 0.717) is 12.8 Å². The average molecular weight is 313 g/mol. The van der Waals surface area contributed by atoms with Crippen LogP contribution in [-0.4, -0.2) is 20.8 Å². The standard InChI is InChI=1S/C12H15ClF2O3S/c1-9(5-7-19(13,16)17)4-6-18-12-3-2-10(14)8-11(12)15/h2-3,8-9H,4-7H2,1H3. The van der Waals surface area contributed by atoms with Crippen LogP contribution in [0.3, 0.4) is 0 Å². The molecule has 3 nitrogen and oxygen atoms in total. The van der Waals surface area contributed by atoms with Gasteiger partial charge in [0, 0.05) is 16.7 Å². The summed E-state index contributed by atoms with van der Waals surface area (Å²) >= 11 is 0. The first-order valence-corrected chi connectivity index (χ1v) is 8.26. The Balaban J connectivity index is 2.33. The summed E-state index contributed by atoms with van der Waals surface area (Å²) in [6.07, 6.45) is 0.977. The summed E-state index contributed by atoms with van der Waals surface area (Å²) in [6.45, 7) is 2.08. The van der Waals surface area contributed by atoms with E-state index in [-0.39, 0.29) is 24.0 Å². The molecule has 0 saturated heterocycles. The first-order valence-electron chi connectivity index (χ1n) is 5.78. The van der Waals surface area contributed by atoms with Gasteiger partial charge in [-0.2, -0.15) is 0 Å². The van der Waals surface area contributed by atoms with Gasteiger partial charge in [0.2, 0.25) is 9.05 Å². The fraction of sp³-hybridized carbons (Fsp3) is 0.500. The maximum atomic E-state index is 13.2. The maximum Gasteiger partial charge on any atom is 0.232 e. The summed E-state index contributed by atoms with van der Waals surface area (Å²) in [6, 6.07) is 3.08. The van der Waals surface area contributed by atoms with Gasteiger partial charge >= 0.3 is 0 Å². The Bertz CT molecular complexity index is 520. The third kappa shape index (κ3) is 6.73. The van der Waals surface area contributed by atoms with E-state index >= 15 is 0 Å². The maximum absolute atomic E-state index is 13.2. The quantitative estimate of drug-likeness (QED) is 0.725. The molecular weight excluding hydrogens is 298 g/mol. The zero-order valence-electron chi connectivity index (χ0n) is 10.4. The van der Waals surface area contributed by atoms with Crippen LogP contribution in [0.5, 0.6) is 5.75 Å². The van der Waals surface area contributed by atoms with Crippen LogP contribution in [0.25, 0.3) is 0 Å². The van der Waals surface area contributed by atoms with Gasteiger partial charge in [0.1, 0.15) is 5.82 Å². The lowest BCUT2D eigenvalue weighted by atomic mass is 10.1. The van der Waals surface area contributed by atoms with Gasteiger partial charge in [-0.25, -0.2) is 17.2 Å². The van der Waals surface area contributed by atoms with Gasteiger partial charge in [0.25, 0.3) is 0 Å². The fourth-order valence-electron chi connectivity index (χ4n) is 1.45. The highest BCUT2D eigenvalue weighted by molar-refractivity contribution is 8.13. The van der Waals surface area contributed by atoms with E-state index in [1.54, 1.807) is 0 Å². The Kier molecular flexibility index (Phi) is 6.00. The second-order valence-electron chi connectivity index (χ2n) is 4.35. The lowest BCUT2D eigenvalue weighted by molar-refractivity contribution is 0.269. The molecule has 0 saturated carbocycles. The van der Waals surface area contributed by atoms with Crippen molar-refractivity contribution in [1.82, 2.24) is 0 Å². The van der Waals surface area contributed by atoms with E-state index in [2.05, 4.69) is 0 Å². The summed E-state index contributed by atoms with van der Waals surface area (Å²) < 4.78 is 52.5. The van der Waals surface area contributed by atoms with Crippen molar-refractivity contribution in [2.75, 3.05) is 12.4 Å². The van der Waals surface area contributed by atoms with E-state index in [1.807, 2.05) is 6.92 Å². The molecule has 1 atom stereocenters. The lowest BCUT2D eigenvalue weighted by Gasteiger charge is -2.11. The minimum atomic E-state index is -3.48. The monoisotopic (exact) mass is 312 g/mol. The van der Waals surface area contributed by atoms with Crippen molar-refractivity contribution in [3.63, 3.8) is 0 Å². The summed E-state index contributed by atoms with van der Waals surface area (Å²) in [5.74, 6) is -1.45. The number of rotatable bonds is 7. The van der Waals surface area contributed by atoms with Crippen molar-refractivity contribution in [2.24, 2.45) is 5.92 Å². The fourth-order valence-corrected chi connectivity index (χ4v) is 2.40. The average Bonchev–Trinajstić information content (AvgIpc) is 2.28. The Morgan fingerprint density at radius 1 is 1.32 bits per heavy atom. The highest BCUT2D eigenvalue weighted by atomic mass is 35.7. The van der Waals surface area contributed by atoms with Crippen LogP contribution < -0.4 is 4.74 Å². The second kappa shape index (κ2) is 7.05. The molecule has 19 heavy (non-hydrogen) atoms. The van der Waals surface area contributed by atoms with Gasteiger partial charge < -0.3 is 4.74 Å². The minimum absolute atomic E-state index is 0.0152. The minimum Gasteiger partial charge on any atom is -0.491 e. The van der Waals surface area contributed by atoms with Gasteiger partial charge in [-0.15, -0.1) is 0 Å². The molecule has 1 rings (SSSR count). The van der Waals surface area contributed by atoms with Crippen molar-refractivity contribution in [1.29, 1.82) is 0 Å². The molecule has 0 fully saturated rings. The molecule has 0 radical (unpaired) electrons. The zero-order valence-corrected chi connectivity index (χ0v) is 12.0. The normalized spacial score (nSPS) is 13.3. The Morgan fingerprint density at radius 2 is 2.00 bits per heavy atom. The highest BCUT2D eigenvalue weighted by Gasteiger charge is 2.10. The molecule has 108 valence electrons. The van der Waals surface area contributed by atoms with Gasteiger partial charge in [-0.1, -0.05) is 6.92 Å². The molecule has 0 aliphatic carbocycles. The van der Waals surface area contributed by atoms with Crippen molar-refractivity contribution < 1.29 is 21.9 Å². The molecule has 0 spiro atoms. The van der Waals surface area contributed by atoms with Crippen LogP contribution in [-0.2, 0) is 9.05 Å². The Labute approximate surface area is 115 Å². The summed E-state index contributed by atoms with van der Waals surface area (Å²) in [7, 11) is 1.62. The van der Waals surface area contributed by atoms with Crippen LogP contribution in [0.2, 0.25) is 0 Å². The molecule has 0 bridgehead atoms. The highest BCUT2D eigenvalue weighted by Crippen LogP contribution is 2.19. The van der Waals surface area contributed by atoms with E-state index in [0.717, 1.165) is 12.1 Å². The number of halogens is 3. The van der Waals surface area contributed by atoms with Crippen LogP contribution in [0.1, 0.15) is 19.8 Å².